The highest BCUT2D eigenvalue weighted by molar-refractivity contribution is 6.42. The van der Waals surface area contributed by atoms with Crippen LogP contribution in [-0.2, 0) is 14.4 Å². The molecular weight excluding hydrogens is 178 g/mol. The number of carbonyl (C=O) groups is 3. The molecule has 0 amide bonds. The molecule has 6 heteroatoms. The van der Waals surface area contributed by atoms with Crippen LogP contribution in [0.2, 0.25) is 0 Å². The summed E-state index contributed by atoms with van der Waals surface area (Å²) in [7, 11) is 0. The predicted molar refractivity (Wildman–Crippen MR) is 40.6 cm³/mol. The van der Waals surface area contributed by atoms with E-state index < -0.39 is 29.5 Å². The lowest BCUT2D eigenvalue weighted by molar-refractivity contribution is -0.141. The Balaban J connectivity index is 3.00. The Bertz CT molecular complexity index is 341. The zero-order valence-electron chi connectivity index (χ0n) is 6.30. The Morgan fingerprint density at radius 1 is 1.31 bits per heavy atom. The van der Waals surface area contributed by atoms with Crippen molar-refractivity contribution in [1.29, 1.82) is 0 Å². The van der Waals surface area contributed by atoms with Crippen molar-refractivity contribution >= 4 is 23.4 Å². The standard InChI is InChI=1S/C7H5NO5/c9-4-2-1-3(6(10)11)8-5(4)7(12)13/h1-2,5H,(H,10,11)(H,12,13). The zero-order chi connectivity index (χ0) is 10.0. The first kappa shape index (κ1) is 9.11. The van der Waals surface area contributed by atoms with Crippen molar-refractivity contribution in [3.8, 4) is 0 Å². The molecule has 1 heterocycles. The molecule has 0 aromatic carbocycles. The van der Waals surface area contributed by atoms with Gasteiger partial charge in [-0.25, -0.2) is 9.59 Å². The van der Waals surface area contributed by atoms with Gasteiger partial charge in [0.05, 0.1) is 0 Å². The maximum Gasteiger partial charge on any atom is 0.354 e. The highest BCUT2D eigenvalue weighted by Gasteiger charge is 2.28. The van der Waals surface area contributed by atoms with Crippen molar-refractivity contribution in [3.05, 3.63) is 12.2 Å². The number of aliphatic carboxylic acids is 2. The highest BCUT2D eigenvalue weighted by Crippen LogP contribution is 2.03. The van der Waals surface area contributed by atoms with Gasteiger partial charge in [0.2, 0.25) is 6.04 Å². The fourth-order valence-electron chi connectivity index (χ4n) is 0.801. The summed E-state index contributed by atoms with van der Waals surface area (Å²) in [4.78, 5) is 34.8. The van der Waals surface area contributed by atoms with Crippen LogP contribution in [0.3, 0.4) is 0 Å². The minimum atomic E-state index is -1.61. The van der Waals surface area contributed by atoms with E-state index >= 15 is 0 Å². The molecule has 0 radical (unpaired) electrons. The Labute approximate surface area is 72.2 Å². The second-order valence-electron chi connectivity index (χ2n) is 2.30. The smallest absolute Gasteiger partial charge is 0.354 e. The fraction of sp³-hybridized carbons (Fsp3) is 0.143. The molecule has 13 heavy (non-hydrogen) atoms. The summed E-state index contributed by atoms with van der Waals surface area (Å²) in [6, 6.07) is -1.61. The SMILES string of the molecule is O=C(O)C1=NC(C(=O)O)C(=O)C=C1. The topological polar surface area (TPSA) is 104 Å². The van der Waals surface area contributed by atoms with Gasteiger partial charge >= 0.3 is 11.9 Å². The third-order valence-corrected chi connectivity index (χ3v) is 1.40. The normalized spacial score (nSPS) is 21.1. The van der Waals surface area contributed by atoms with Gasteiger partial charge in [0.1, 0.15) is 5.71 Å². The van der Waals surface area contributed by atoms with Crippen LogP contribution in [0.4, 0.5) is 0 Å². The van der Waals surface area contributed by atoms with Gasteiger partial charge in [-0.15, -0.1) is 0 Å². The molecular formula is C7H5NO5. The van der Waals surface area contributed by atoms with Gasteiger partial charge in [-0.1, -0.05) is 0 Å². The van der Waals surface area contributed by atoms with Crippen LogP contribution in [0.1, 0.15) is 0 Å². The summed E-state index contributed by atoms with van der Waals surface area (Å²) in [5, 5.41) is 16.9. The molecule has 0 saturated heterocycles. The number of carboxylic acid groups (broad SMARTS) is 2. The van der Waals surface area contributed by atoms with E-state index in [9.17, 15) is 14.4 Å². The molecule has 2 N–H and O–H groups in total. The number of carboxylic acids is 2. The highest BCUT2D eigenvalue weighted by atomic mass is 16.4. The van der Waals surface area contributed by atoms with Crippen LogP contribution in [0.25, 0.3) is 0 Å². The lowest BCUT2D eigenvalue weighted by Crippen LogP contribution is -2.32. The van der Waals surface area contributed by atoms with E-state index in [1.54, 1.807) is 0 Å². The number of carbonyl (C=O) groups excluding carboxylic acids is 1. The van der Waals surface area contributed by atoms with Crippen LogP contribution in [0, 0.1) is 0 Å². The molecule has 1 aliphatic rings. The maximum absolute atomic E-state index is 10.8. The first-order valence-electron chi connectivity index (χ1n) is 3.28. The Hall–Kier alpha value is -1.98. The molecule has 1 aliphatic heterocycles. The van der Waals surface area contributed by atoms with Crippen LogP contribution < -0.4 is 0 Å². The van der Waals surface area contributed by atoms with Gasteiger partial charge < -0.3 is 10.2 Å². The molecule has 0 spiro atoms. The van der Waals surface area contributed by atoms with Crippen molar-refractivity contribution in [3.63, 3.8) is 0 Å². The summed E-state index contributed by atoms with van der Waals surface area (Å²) < 4.78 is 0. The van der Waals surface area contributed by atoms with Crippen LogP contribution >= 0.6 is 0 Å². The van der Waals surface area contributed by atoms with E-state index in [2.05, 4.69) is 4.99 Å². The average Bonchev–Trinajstić information content (AvgIpc) is 2.04. The molecule has 1 rings (SSSR count). The molecule has 1 unspecified atom stereocenters. The number of hydrogen-bond acceptors (Lipinski definition) is 4. The van der Waals surface area contributed by atoms with E-state index in [1.165, 1.54) is 0 Å². The van der Waals surface area contributed by atoms with Gasteiger partial charge in [0.15, 0.2) is 5.78 Å². The number of nitrogens with zero attached hydrogens (tertiary/aromatic N) is 1. The molecule has 0 fully saturated rings. The third-order valence-electron chi connectivity index (χ3n) is 1.40. The number of hydrogen-bond donors (Lipinski definition) is 2. The van der Waals surface area contributed by atoms with Gasteiger partial charge in [-0.05, 0) is 12.2 Å². The Morgan fingerprint density at radius 2 is 1.92 bits per heavy atom. The van der Waals surface area contributed by atoms with Crippen molar-refractivity contribution in [2.24, 2.45) is 4.99 Å². The molecule has 0 aliphatic carbocycles. The number of rotatable bonds is 2. The van der Waals surface area contributed by atoms with Crippen molar-refractivity contribution in [1.82, 2.24) is 0 Å². The van der Waals surface area contributed by atoms with E-state index in [0.717, 1.165) is 12.2 Å². The van der Waals surface area contributed by atoms with E-state index in [1.807, 2.05) is 0 Å². The molecule has 68 valence electrons. The summed E-state index contributed by atoms with van der Waals surface area (Å²) in [5.41, 5.74) is -0.424. The minimum absolute atomic E-state index is 0.424. The van der Waals surface area contributed by atoms with E-state index in [0.29, 0.717) is 0 Å². The third kappa shape index (κ3) is 1.78. The average molecular weight is 183 g/mol. The second kappa shape index (κ2) is 3.18. The van der Waals surface area contributed by atoms with E-state index in [4.69, 9.17) is 10.2 Å². The first-order chi connectivity index (χ1) is 6.02. The van der Waals surface area contributed by atoms with Crippen LogP contribution in [0.5, 0.6) is 0 Å². The van der Waals surface area contributed by atoms with Gasteiger partial charge in [-0.2, -0.15) is 0 Å². The van der Waals surface area contributed by atoms with Crippen LogP contribution in [-0.4, -0.2) is 39.7 Å². The molecule has 0 aromatic rings. The Kier molecular flexibility index (Phi) is 2.23. The first-order valence-corrected chi connectivity index (χ1v) is 3.28. The lowest BCUT2D eigenvalue weighted by atomic mass is 10.1. The number of aliphatic imine (C=N–C) groups is 1. The largest absolute Gasteiger partial charge is 0.479 e. The van der Waals surface area contributed by atoms with Crippen molar-refractivity contribution < 1.29 is 24.6 Å². The molecule has 6 nitrogen and oxygen atoms in total. The molecule has 0 aromatic heterocycles. The quantitative estimate of drug-likeness (QED) is 0.540. The van der Waals surface area contributed by atoms with Gasteiger partial charge in [0, 0.05) is 0 Å². The summed E-state index contributed by atoms with van der Waals surface area (Å²) in [6.45, 7) is 0. The van der Waals surface area contributed by atoms with E-state index in [-0.39, 0.29) is 0 Å². The van der Waals surface area contributed by atoms with Crippen molar-refractivity contribution in [2.45, 2.75) is 6.04 Å². The van der Waals surface area contributed by atoms with Gasteiger partial charge in [-0.3, -0.25) is 9.79 Å². The molecule has 0 saturated carbocycles. The summed E-state index contributed by atoms with van der Waals surface area (Å²) in [5.74, 6) is -3.53. The van der Waals surface area contributed by atoms with Crippen molar-refractivity contribution in [2.75, 3.05) is 0 Å². The Morgan fingerprint density at radius 3 is 2.38 bits per heavy atom. The zero-order valence-corrected chi connectivity index (χ0v) is 6.30. The second-order valence-corrected chi connectivity index (χ2v) is 2.30. The maximum atomic E-state index is 10.8. The predicted octanol–water partition coefficient (Wildman–Crippen LogP) is -0.896. The minimum Gasteiger partial charge on any atom is -0.479 e. The van der Waals surface area contributed by atoms with Gasteiger partial charge in [0.25, 0.3) is 0 Å². The monoisotopic (exact) mass is 183 g/mol. The lowest BCUT2D eigenvalue weighted by Gasteiger charge is -2.07. The molecule has 1 atom stereocenters. The molecule has 0 bridgehead atoms. The number of dihydropyridines is 1. The summed E-state index contributed by atoms with van der Waals surface area (Å²) >= 11 is 0. The fourth-order valence-corrected chi connectivity index (χ4v) is 0.801. The summed E-state index contributed by atoms with van der Waals surface area (Å²) in [6.07, 6.45) is 1.87. The number of ketones is 1. The van der Waals surface area contributed by atoms with Crippen LogP contribution in [0.15, 0.2) is 17.1 Å².